The molecule has 2 aromatic heterocycles. The molecule has 1 aliphatic rings. The Bertz CT molecular complexity index is 1150. The van der Waals surface area contributed by atoms with Crippen LogP contribution in [-0.2, 0) is 20.1 Å². The van der Waals surface area contributed by atoms with Crippen molar-refractivity contribution in [2.45, 2.75) is 26.9 Å². The van der Waals surface area contributed by atoms with Crippen molar-refractivity contribution in [1.29, 1.82) is 0 Å². The molecule has 0 saturated carbocycles. The lowest BCUT2D eigenvalue weighted by molar-refractivity contribution is 0.248. The number of H-pyrrole nitrogens is 1. The van der Waals surface area contributed by atoms with Crippen LogP contribution in [0, 0.1) is 5.92 Å². The second-order valence-corrected chi connectivity index (χ2v) is 8.73. The van der Waals surface area contributed by atoms with Gasteiger partial charge in [0.25, 0.3) is 5.56 Å². The van der Waals surface area contributed by atoms with Crippen LogP contribution in [0.3, 0.4) is 0 Å². The molecule has 8 nitrogen and oxygen atoms in total. The van der Waals surface area contributed by atoms with Gasteiger partial charge in [-0.3, -0.25) is 19.2 Å². The Morgan fingerprint density at radius 3 is 2.40 bits per heavy atom. The van der Waals surface area contributed by atoms with Crippen molar-refractivity contribution in [3.63, 3.8) is 0 Å². The molecular formula is C21H27ClN6O2. The van der Waals surface area contributed by atoms with E-state index < -0.39 is 5.69 Å². The SMILES string of the molecule is CC(C)Cn1c(N2CCN(Cc3ccc(Cl)cc3)CC2)nc2c1c(=O)[nH]c(=O)n2C. The molecule has 9 heteroatoms. The summed E-state index contributed by atoms with van der Waals surface area (Å²) in [5, 5.41) is 0.747. The average Bonchev–Trinajstić information content (AvgIpc) is 3.08. The molecule has 1 fully saturated rings. The first-order valence-corrected chi connectivity index (χ1v) is 10.6. The molecule has 0 radical (unpaired) electrons. The van der Waals surface area contributed by atoms with Gasteiger partial charge in [-0.05, 0) is 23.6 Å². The molecule has 3 aromatic rings. The second-order valence-electron chi connectivity index (χ2n) is 8.30. The predicted octanol–water partition coefficient (Wildman–Crippen LogP) is 2.05. The number of hydrogen-bond donors (Lipinski definition) is 1. The van der Waals surface area contributed by atoms with Crippen molar-refractivity contribution in [2.75, 3.05) is 31.1 Å². The van der Waals surface area contributed by atoms with E-state index in [0.29, 0.717) is 23.6 Å². The number of anilines is 1. The normalized spacial score (nSPS) is 15.4. The Morgan fingerprint density at radius 2 is 1.77 bits per heavy atom. The molecule has 3 heterocycles. The van der Waals surface area contributed by atoms with Gasteiger partial charge >= 0.3 is 5.69 Å². The highest BCUT2D eigenvalue weighted by Crippen LogP contribution is 2.23. The highest BCUT2D eigenvalue weighted by Gasteiger charge is 2.25. The van der Waals surface area contributed by atoms with Crippen LogP contribution in [0.2, 0.25) is 5.02 Å². The predicted molar refractivity (Wildman–Crippen MR) is 119 cm³/mol. The van der Waals surface area contributed by atoms with Crippen LogP contribution in [0.4, 0.5) is 5.95 Å². The lowest BCUT2D eigenvalue weighted by Gasteiger charge is -2.35. The molecule has 0 aliphatic carbocycles. The average molecular weight is 431 g/mol. The van der Waals surface area contributed by atoms with Gasteiger partial charge in [0, 0.05) is 51.3 Å². The lowest BCUT2D eigenvalue weighted by atomic mass is 10.2. The zero-order valence-corrected chi connectivity index (χ0v) is 18.3. The molecule has 1 saturated heterocycles. The van der Waals surface area contributed by atoms with Crippen molar-refractivity contribution in [2.24, 2.45) is 13.0 Å². The first kappa shape index (κ1) is 20.7. The number of rotatable bonds is 5. The molecule has 160 valence electrons. The van der Waals surface area contributed by atoms with Crippen LogP contribution in [0.1, 0.15) is 19.4 Å². The highest BCUT2D eigenvalue weighted by atomic mass is 35.5. The fourth-order valence-electron chi connectivity index (χ4n) is 3.96. The van der Waals surface area contributed by atoms with E-state index in [1.165, 1.54) is 10.1 Å². The smallest absolute Gasteiger partial charge is 0.329 e. The number of nitrogens with one attached hydrogen (secondary N) is 1. The summed E-state index contributed by atoms with van der Waals surface area (Å²) in [6.07, 6.45) is 0. The number of hydrogen-bond acceptors (Lipinski definition) is 5. The number of aromatic amines is 1. The third kappa shape index (κ3) is 4.02. The van der Waals surface area contributed by atoms with E-state index in [1.807, 2.05) is 16.7 Å². The maximum Gasteiger partial charge on any atom is 0.329 e. The van der Waals surface area contributed by atoms with Crippen molar-refractivity contribution in [1.82, 2.24) is 24.0 Å². The van der Waals surface area contributed by atoms with Crippen molar-refractivity contribution >= 4 is 28.7 Å². The summed E-state index contributed by atoms with van der Waals surface area (Å²) in [5.74, 6) is 1.10. The number of piperazine rings is 1. The molecular weight excluding hydrogens is 404 g/mol. The van der Waals surface area contributed by atoms with Gasteiger partial charge in [0.1, 0.15) is 0 Å². The van der Waals surface area contributed by atoms with E-state index in [9.17, 15) is 9.59 Å². The van der Waals surface area contributed by atoms with Crippen molar-refractivity contribution in [3.05, 3.63) is 55.7 Å². The van der Waals surface area contributed by atoms with Gasteiger partial charge in [0.05, 0.1) is 0 Å². The van der Waals surface area contributed by atoms with Gasteiger partial charge in [-0.2, -0.15) is 4.98 Å². The number of aryl methyl sites for hydroxylation is 1. The zero-order valence-electron chi connectivity index (χ0n) is 17.6. The van der Waals surface area contributed by atoms with Gasteiger partial charge < -0.3 is 9.47 Å². The summed E-state index contributed by atoms with van der Waals surface area (Å²) in [4.78, 5) is 36.3. The highest BCUT2D eigenvalue weighted by molar-refractivity contribution is 6.30. The van der Waals surface area contributed by atoms with Gasteiger partial charge in [-0.15, -0.1) is 0 Å². The van der Waals surface area contributed by atoms with Gasteiger partial charge in [0.2, 0.25) is 5.95 Å². The molecule has 30 heavy (non-hydrogen) atoms. The Balaban J connectivity index is 1.59. The summed E-state index contributed by atoms with van der Waals surface area (Å²) >= 11 is 5.98. The van der Waals surface area contributed by atoms with E-state index >= 15 is 0 Å². The third-order valence-corrected chi connectivity index (χ3v) is 5.76. The number of nitrogens with zero attached hydrogens (tertiary/aromatic N) is 5. The molecule has 0 amide bonds. The molecule has 0 bridgehead atoms. The zero-order chi connectivity index (χ0) is 21.4. The van der Waals surface area contributed by atoms with Gasteiger partial charge in [-0.25, -0.2) is 4.79 Å². The number of halogens is 1. The Kier molecular flexibility index (Phi) is 5.71. The quantitative estimate of drug-likeness (QED) is 0.670. The van der Waals surface area contributed by atoms with Crippen LogP contribution in [0.5, 0.6) is 0 Å². The number of benzene rings is 1. The van der Waals surface area contributed by atoms with Gasteiger partial charge in [-0.1, -0.05) is 37.6 Å². The Labute approximate surface area is 179 Å². The molecule has 0 atom stereocenters. The molecule has 0 spiro atoms. The standard InChI is InChI=1S/C21H27ClN6O2/c1-14(2)12-28-17-18(25(3)21(30)24-19(17)29)23-20(28)27-10-8-26(9-11-27)13-15-4-6-16(22)7-5-15/h4-7,14H,8-13H2,1-3H3,(H,24,29,30). The summed E-state index contributed by atoms with van der Waals surface area (Å²) in [6, 6.07) is 7.96. The first-order valence-electron chi connectivity index (χ1n) is 10.2. The van der Waals surface area contributed by atoms with Crippen LogP contribution >= 0.6 is 11.6 Å². The van der Waals surface area contributed by atoms with Crippen LogP contribution in [-0.4, -0.2) is 50.2 Å². The van der Waals surface area contributed by atoms with Crippen LogP contribution in [0.25, 0.3) is 11.2 Å². The van der Waals surface area contributed by atoms with Crippen molar-refractivity contribution < 1.29 is 0 Å². The summed E-state index contributed by atoms with van der Waals surface area (Å²) < 4.78 is 3.38. The summed E-state index contributed by atoms with van der Waals surface area (Å²) in [5.41, 5.74) is 1.31. The third-order valence-electron chi connectivity index (χ3n) is 5.51. The number of imidazole rings is 1. The second kappa shape index (κ2) is 8.28. The fraction of sp³-hybridized carbons (Fsp3) is 0.476. The van der Waals surface area contributed by atoms with E-state index in [4.69, 9.17) is 16.6 Å². The largest absolute Gasteiger partial charge is 0.340 e. The van der Waals surface area contributed by atoms with E-state index in [-0.39, 0.29) is 5.56 Å². The van der Waals surface area contributed by atoms with Crippen LogP contribution in [0.15, 0.2) is 33.9 Å². The topological polar surface area (TPSA) is 79.2 Å². The maximum absolute atomic E-state index is 12.6. The number of aromatic nitrogens is 4. The fourth-order valence-corrected chi connectivity index (χ4v) is 4.08. The van der Waals surface area contributed by atoms with E-state index in [1.54, 1.807) is 7.05 Å². The van der Waals surface area contributed by atoms with E-state index in [2.05, 4.69) is 40.8 Å². The Hall–Kier alpha value is -2.58. The minimum Gasteiger partial charge on any atom is -0.340 e. The first-order chi connectivity index (χ1) is 14.3. The molecule has 4 rings (SSSR count). The van der Waals surface area contributed by atoms with Crippen LogP contribution < -0.4 is 16.1 Å². The molecule has 1 N–H and O–H groups in total. The number of fused-ring (bicyclic) bond motifs is 1. The van der Waals surface area contributed by atoms with E-state index in [0.717, 1.165) is 43.7 Å². The minimum absolute atomic E-state index is 0.337. The van der Waals surface area contributed by atoms with Crippen molar-refractivity contribution in [3.8, 4) is 0 Å². The summed E-state index contributed by atoms with van der Waals surface area (Å²) in [7, 11) is 1.64. The van der Waals surface area contributed by atoms with Gasteiger partial charge in [0.15, 0.2) is 11.2 Å². The summed E-state index contributed by atoms with van der Waals surface area (Å²) in [6.45, 7) is 9.15. The molecule has 1 aliphatic heterocycles. The Morgan fingerprint density at radius 1 is 1.10 bits per heavy atom. The molecule has 1 aromatic carbocycles. The monoisotopic (exact) mass is 430 g/mol. The maximum atomic E-state index is 12.6. The minimum atomic E-state index is -0.443. The molecule has 0 unspecified atom stereocenters. The lowest BCUT2D eigenvalue weighted by Crippen LogP contribution is -2.47.